The van der Waals surface area contributed by atoms with E-state index in [2.05, 4.69) is 29.5 Å². The van der Waals surface area contributed by atoms with Crippen LogP contribution in [0.4, 0.5) is 0 Å². The number of aliphatic hydroxyl groups is 1. The molecule has 0 heterocycles. The predicted octanol–water partition coefficient (Wildman–Crippen LogP) is 2.32. The molecule has 0 aromatic heterocycles. The van der Waals surface area contributed by atoms with Crippen molar-refractivity contribution in [1.29, 1.82) is 0 Å². The average molecular weight is 413 g/mol. The zero-order chi connectivity index (χ0) is 21.2. The fraction of sp³-hybridized carbons (Fsp3) is 0.650. The van der Waals surface area contributed by atoms with Crippen molar-refractivity contribution in [2.45, 2.75) is 63.5 Å². The Morgan fingerprint density at radius 3 is 2.11 bits per heavy atom. The van der Waals surface area contributed by atoms with Crippen molar-refractivity contribution in [2.24, 2.45) is 4.99 Å². The first-order chi connectivity index (χ1) is 13.2. The maximum atomic E-state index is 12.1. The second-order valence-corrected chi connectivity index (χ2v) is 9.36. The smallest absolute Gasteiger partial charge is 0.242 e. The molecule has 0 saturated carbocycles. The first-order valence-electron chi connectivity index (χ1n) is 9.94. The monoisotopic (exact) mass is 412 g/mol. The van der Waals surface area contributed by atoms with E-state index in [-0.39, 0.29) is 4.90 Å². The van der Waals surface area contributed by atoms with E-state index in [0.717, 1.165) is 31.2 Å². The van der Waals surface area contributed by atoms with Crippen molar-refractivity contribution in [3.05, 3.63) is 29.8 Å². The molecule has 1 aromatic carbocycles. The molecule has 0 saturated heterocycles. The molecule has 0 aliphatic rings. The topological polar surface area (TPSA) is 94.0 Å². The van der Waals surface area contributed by atoms with Gasteiger partial charge in [0.2, 0.25) is 10.0 Å². The molecule has 0 aliphatic carbocycles. The molecule has 3 N–H and O–H groups in total. The molecule has 1 aromatic rings. The Kier molecular flexibility index (Phi) is 9.92. The van der Waals surface area contributed by atoms with Crippen LogP contribution in [0, 0.1) is 0 Å². The molecule has 7 nitrogen and oxygen atoms in total. The summed E-state index contributed by atoms with van der Waals surface area (Å²) in [6.07, 6.45) is 3.34. The summed E-state index contributed by atoms with van der Waals surface area (Å²) in [6.45, 7) is 7.70. The first kappa shape index (κ1) is 24.4. The first-order valence-corrected chi connectivity index (χ1v) is 11.4. The minimum Gasteiger partial charge on any atom is -0.388 e. The summed E-state index contributed by atoms with van der Waals surface area (Å²) in [5.41, 5.74) is 0.175. The van der Waals surface area contributed by atoms with Gasteiger partial charge in [0, 0.05) is 27.2 Å². The summed E-state index contributed by atoms with van der Waals surface area (Å²) >= 11 is 0. The molecular weight excluding hydrogens is 376 g/mol. The van der Waals surface area contributed by atoms with Crippen molar-refractivity contribution < 1.29 is 13.5 Å². The van der Waals surface area contributed by atoms with Crippen molar-refractivity contribution in [3.8, 4) is 0 Å². The van der Waals surface area contributed by atoms with Gasteiger partial charge in [-0.15, -0.1) is 0 Å². The van der Waals surface area contributed by atoms with E-state index in [1.165, 1.54) is 18.4 Å². The van der Waals surface area contributed by atoms with Crippen LogP contribution in [0.25, 0.3) is 0 Å². The normalized spacial score (nSPS) is 13.0. The number of sulfonamides is 1. The molecule has 160 valence electrons. The molecule has 0 aliphatic heterocycles. The number of aliphatic imine (C=N–C) groups is 1. The number of hydrogen-bond acceptors (Lipinski definition) is 4. The standard InChI is InChI=1S/C20H36N4O3S/c1-6-13-20(25,14-7-2)16-23-19(21-8-3)22-15-17-9-11-18(12-10-17)28(26,27)24(4)5/h9-12,25H,6-8,13-16H2,1-5H3,(H2,21,22,23). The van der Waals surface area contributed by atoms with Crippen LogP contribution < -0.4 is 10.6 Å². The molecule has 0 amide bonds. The van der Waals surface area contributed by atoms with Crippen LogP contribution in [0.3, 0.4) is 0 Å². The Bertz CT molecular complexity index is 709. The summed E-state index contributed by atoms with van der Waals surface area (Å²) in [6, 6.07) is 6.74. The lowest BCUT2D eigenvalue weighted by Crippen LogP contribution is -2.47. The van der Waals surface area contributed by atoms with Crippen LogP contribution in [0.2, 0.25) is 0 Å². The van der Waals surface area contributed by atoms with Gasteiger partial charge < -0.3 is 15.7 Å². The lowest BCUT2D eigenvalue weighted by atomic mass is 9.93. The van der Waals surface area contributed by atoms with Crippen molar-refractivity contribution in [3.63, 3.8) is 0 Å². The maximum absolute atomic E-state index is 12.1. The van der Waals surface area contributed by atoms with Gasteiger partial charge in [0.25, 0.3) is 0 Å². The van der Waals surface area contributed by atoms with E-state index in [9.17, 15) is 13.5 Å². The van der Waals surface area contributed by atoms with E-state index in [1.807, 2.05) is 6.92 Å². The van der Waals surface area contributed by atoms with E-state index in [1.54, 1.807) is 24.3 Å². The summed E-state index contributed by atoms with van der Waals surface area (Å²) in [7, 11) is -0.396. The van der Waals surface area contributed by atoms with Crippen molar-refractivity contribution in [2.75, 3.05) is 27.2 Å². The molecule has 8 heteroatoms. The highest BCUT2D eigenvalue weighted by molar-refractivity contribution is 7.89. The third-order valence-corrected chi connectivity index (χ3v) is 6.31. The number of benzene rings is 1. The molecule has 0 atom stereocenters. The molecule has 28 heavy (non-hydrogen) atoms. The van der Waals surface area contributed by atoms with Gasteiger partial charge in [0.1, 0.15) is 0 Å². The molecule has 0 bridgehead atoms. The summed E-state index contributed by atoms with van der Waals surface area (Å²) in [5, 5.41) is 17.2. The van der Waals surface area contributed by atoms with Crippen LogP contribution in [0.5, 0.6) is 0 Å². The molecular formula is C20H36N4O3S. The second-order valence-electron chi connectivity index (χ2n) is 7.20. The van der Waals surface area contributed by atoms with Gasteiger partial charge in [-0.2, -0.15) is 0 Å². The minimum absolute atomic E-state index is 0.263. The third kappa shape index (κ3) is 7.41. The Balaban J connectivity index is 2.81. The van der Waals surface area contributed by atoms with E-state index in [4.69, 9.17) is 0 Å². The molecule has 1 rings (SSSR count). The zero-order valence-corrected chi connectivity index (χ0v) is 18.6. The number of nitrogens with zero attached hydrogens (tertiary/aromatic N) is 2. The number of hydrogen-bond donors (Lipinski definition) is 3. The Morgan fingerprint density at radius 1 is 1.07 bits per heavy atom. The Hall–Kier alpha value is -1.64. The molecule has 0 radical (unpaired) electrons. The lowest BCUT2D eigenvalue weighted by Gasteiger charge is -2.28. The van der Waals surface area contributed by atoms with Gasteiger partial charge in [-0.25, -0.2) is 17.7 Å². The largest absolute Gasteiger partial charge is 0.388 e. The quantitative estimate of drug-likeness (QED) is 0.383. The number of guanidine groups is 1. The maximum Gasteiger partial charge on any atom is 0.242 e. The van der Waals surface area contributed by atoms with Gasteiger partial charge in [-0.05, 0) is 37.5 Å². The minimum atomic E-state index is -3.42. The van der Waals surface area contributed by atoms with E-state index < -0.39 is 15.6 Å². The SMILES string of the molecule is CCCC(O)(CCC)CNC(=NCc1ccc(S(=O)(=O)N(C)C)cc1)NCC. The molecule has 0 unspecified atom stereocenters. The fourth-order valence-corrected chi connectivity index (χ4v) is 3.87. The zero-order valence-electron chi connectivity index (χ0n) is 17.8. The summed E-state index contributed by atoms with van der Waals surface area (Å²) in [4.78, 5) is 4.82. The van der Waals surface area contributed by atoms with Crippen LogP contribution >= 0.6 is 0 Å². The van der Waals surface area contributed by atoms with Crippen LogP contribution in [0.15, 0.2) is 34.2 Å². The third-order valence-electron chi connectivity index (χ3n) is 4.48. The van der Waals surface area contributed by atoms with Gasteiger partial charge in [0.15, 0.2) is 5.96 Å². The van der Waals surface area contributed by atoms with Gasteiger partial charge >= 0.3 is 0 Å². The summed E-state index contributed by atoms with van der Waals surface area (Å²) < 4.78 is 25.5. The fourth-order valence-electron chi connectivity index (χ4n) is 2.97. The second kappa shape index (κ2) is 11.4. The van der Waals surface area contributed by atoms with E-state index >= 15 is 0 Å². The average Bonchev–Trinajstić information content (AvgIpc) is 2.64. The highest BCUT2D eigenvalue weighted by atomic mass is 32.2. The van der Waals surface area contributed by atoms with Crippen molar-refractivity contribution >= 4 is 16.0 Å². The van der Waals surface area contributed by atoms with Gasteiger partial charge in [-0.3, -0.25) is 0 Å². The number of nitrogens with one attached hydrogen (secondary N) is 2. The van der Waals surface area contributed by atoms with Gasteiger partial charge in [0.05, 0.1) is 17.0 Å². The van der Waals surface area contributed by atoms with Crippen LogP contribution in [-0.2, 0) is 16.6 Å². The van der Waals surface area contributed by atoms with Crippen molar-refractivity contribution in [1.82, 2.24) is 14.9 Å². The highest BCUT2D eigenvalue weighted by Gasteiger charge is 2.25. The van der Waals surface area contributed by atoms with E-state index in [0.29, 0.717) is 25.6 Å². The predicted molar refractivity (Wildman–Crippen MR) is 115 cm³/mol. The highest BCUT2D eigenvalue weighted by Crippen LogP contribution is 2.18. The lowest BCUT2D eigenvalue weighted by molar-refractivity contribution is 0.0257. The van der Waals surface area contributed by atoms with Gasteiger partial charge in [-0.1, -0.05) is 38.8 Å². The summed E-state index contributed by atoms with van der Waals surface area (Å²) in [5.74, 6) is 0.637. The Labute approximate surface area is 170 Å². The number of rotatable bonds is 11. The van der Waals surface area contributed by atoms with Crippen LogP contribution in [-0.4, -0.2) is 56.6 Å². The van der Waals surface area contributed by atoms with Crippen LogP contribution in [0.1, 0.15) is 52.0 Å². The molecule has 0 spiro atoms. The molecule has 0 fully saturated rings. The Morgan fingerprint density at radius 2 is 1.64 bits per heavy atom.